The number of nitrogens with one attached hydrogen (secondary N) is 1. The molecule has 0 aliphatic heterocycles. The fourth-order valence-corrected chi connectivity index (χ4v) is 3.38. The van der Waals surface area contributed by atoms with Crippen molar-refractivity contribution in [3.05, 3.63) is 113 Å². The molecule has 3 aromatic rings. The van der Waals surface area contributed by atoms with Crippen molar-refractivity contribution in [2.45, 2.75) is 100 Å². The SMILES string of the molecule is C.C=C(N)c1cc(C#CCNP)ccc1CCCC.CCCC.CCCC.Cc1ccc(Cc2ccccc2)cc1. The minimum atomic E-state index is 0. The molecule has 0 spiro atoms. The van der Waals surface area contributed by atoms with Crippen LogP contribution < -0.4 is 10.8 Å². The smallest absolute Gasteiger partial charge is 0.0608 e. The number of hydrogen-bond acceptors (Lipinski definition) is 2. The first-order valence-electron chi connectivity index (χ1n) is 15.0. The Bertz CT molecular complexity index is 1080. The summed E-state index contributed by atoms with van der Waals surface area (Å²) in [5, 5.41) is 2.92. The van der Waals surface area contributed by atoms with Crippen molar-refractivity contribution in [3.63, 3.8) is 0 Å². The lowest BCUT2D eigenvalue weighted by Gasteiger charge is -2.09. The number of unbranched alkanes of at least 4 members (excludes halogenated alkanes) is 3. The molecule has 0 bridgehead atoms. The molecular weight excluding hydrogens is 515 g/mol. The molecule has 226 valence electrons. The Morgan fingerprint density at radius 1 is 0.805 bits per heavy atom. The number of hydrogen-bond donors (Lipinski definition) is 2. The Hall–Kier alpha value is -2.85. The summed E-state index contributed by atoms with van der Waals surface area (Å²) in [7, 11) is 2.43. The Labute approximate surface area is 256 Å². The van der Waals surface area contributed by atoms with Gasteiger partial charge >= 0.3 is 0 Å². The van der Waals surface area contributed by atoms with Gasteiger partial charge in [-0.1, -0.05) is 168 Å². The second-order valence-electron chi connectivity index (χ2n) is 9.83. The van der Waals surface area contributed by atoms with Gasteiger partial charge in [-0.15, -0.1) is 0 Å². The van der Waals surface area contributed by atoms with Gasteiger partial charge < -0.3 is 5.73 Å². The molecule has 0 aliphatic carbocycles. The number of benzene rings is 3. The molecule has 0 amide bonds. The van der Waals surface area contributed by atoms with E-state index in [1.54, 1.807) is 0 Å². The molecular formula is C38H59N2P. The molecule has 41 heavy (non-hydrogen) atoms. The van der Waals surface area contributed by atoms with Crippen LogP contribution in [0.25, 0.3) is 5.70 Å². The minimum Gasteiger partial charge on any atom is -0.399 e. The maximum Gasteiger partial charge on any atom is 0.0608 e. The molecule has 3 N–H and O–H groups in total. The van der Waals surface area contributed by atoms with E-state index in [9.17, 15) is 0 Å². The molecule has 0 radical (unpaired) electrons. The number of nitrogens with two attached hydrogens (primary N) is 1. The standard InChI is InChI=1S/C15H21N2P.C14H14.2C4H10.CH4/c1-3-4-7-14-9-8-13(6-5-10-17-18)11-15(14)12(2)16;1-12-7-9-14(10-8-12)11-13-5-3-2-4-6-13;2*1-3-4-2;/h8-9,11,17H,2-4,7,10,16,18H2,1H3;2-10H,11H2,1H3;2*3-4H2,1-2H3;1H4. The van der Waals surface area contributed by atoms with Gasteiger partial charge in [0.2, 0.25) is 0 Å². The highest BCUT2D eigenvalue weighted by Crippen LogP contribution is 2.18. The molecule has 1 atom stereocenters. The van der Waals surface area contributed by atoms with Crippen LogP contribution in [0.2, 0.25) is 0 Å². The van der Waals surface area contributed by atoms with Crippen molar-refractivity contribution in [2.24, 2.45) is 5.73 Å². The average Bonchev–Trinajstić information content (AvgIpc) is 2.98. The largest absolute Gasteiger partial charge is 0.399 e. The zero-order valence-corrected chi connectivity index (χ0v) is 27.3. The van der Waals surface area contributed by atoms with Gasteiger partial charge in [-0.2, -0.15) is 0 Å². The third kappa shape index (κ3) is 20.6. The van der Waals surface area contributed by atoms with E-state index in [-0.39, 0.29) is 7.43 Å². The lowest BCUT2D eigenvalue weighted by molar-refractivity contribution is 0.793. The van der Waals surface area contributed by atoms with Crippen molar-refractivity contribution in [2.75, 3.05) is 6.54 Å². The highest BCUT2D eigenvalue weighted by atomic mass is 31.0. The first kappa shape index (κ1) is 40.3. The van der Waals surface area contributed by atoms with Gasteiger partial charge in [-0.05, 0) is 55.0 Å². The van der Waals surface area contributed by atoms with Crippen molar-refractivity contribution in [1.29, 1.82) is 0 Å². The van der Waals surface area contributed by atoms with Crippen LogP contribution >= 0.6 is 9.39 Å². The summed E-state index contributed by atoms with van der Waals surface area (Å²) in [6, 6.07) is 25.5. The summed E-state index contributed by atoms with van der Waals surface area (Å²) < 4.78 is 0. The predicted molar refractivity (Wildman–Crippen MR) is 191 cm³/mol. The third-order valence-corrected chi connectivity index (χ3v) is 6.25. The molecule has 0 fully saturated rings. The van der Waals surface area contributed by atoms with Gasteiger partial charge in [-0.25, -0.2) is 0 Å². The lowest BCUT2D eigenvalue weighted by atomic mass is 9.98. The quantitative estimate of drug-likeness (QED) is 0.197. The van der Waals surface area contributed by atoms with Gasteiger partial charge in [0.1, 0.15) is 0 Å². The van der Waals surface area contributed by atoms with Gasteiger partial charge in [0.15, 0.2) is 0 Å². The zero-order chi connectivity index (χ0) is 30.0. The van der Waals surface area contributed by atoms with Crippen molar-refractivity contribution < 1.29 is 0 Å². The van der Waals surface area contributed by atoms with E-state index in [0.717, 1.165) is 24.0 Å². The van der Waals surface area contributed by atoms with Crippen molar-refractivity contribution in [1.82, 2.24) is 5.09 Å². The fraction of sp³-hybridized carbons (Fsp3) is 0.421. The summed E-state index contributed by atoms with van der Waals surface area (Å²) >= 11 is 0. The van der Waals surface area contributed by atoms with E-state index in [4.69, 9.17) is 5.73 Å². The predicted octanol–water partition coefficient (Wildman–Crippen LogP) is 10.5. The molecule has 0 saturated carbocycles. The van der Waals surface area contributed by atoms with Crippen LogP contribution in [0.1, 0.15) is 114 Å². The highest BCUT2D eigenvalue weighted by molar-refractivity contribution is 7.13. The molecule has 0 aromatic heterocycles. The Balaban J connectivity index is 0. The Morgan fingerprint density at radius 2 is 1.37 bits per heavy atom. The van der Waals surface area contributed by atoms with Crippen molar-refractivity contribution >= 4 is 15.1 Å². The highest BCUT2D eigenvalue weighted by Gasteiger charge is 2.04. The van der Waals surface area contributed by atoms with Crippen molar-refractivity contribution in [3.8, 4) is 11.8 Å². The van der Waals surface area contributed by atoms with Gasteiger partial charge in [0.25, 0.3) is 0 Å². The van der Waals surface area contributed by atoms with E-state index in [0.29, 0.717) is 12.2 Å². The van der Waals surface area contributed by atoms with E-state index in [1.165, 1.54) is 60.8 Å². The summed E-state index contributed by atoms with van der Waals surface area (Å²) in [5.41, 5.74) is 13.8. The fourth-order valence-electron chi connectivity index (χ4n) is 3.27. The summed E-state index contributed by atoms with van der Waals surface area (Å²) in [4.78, 5) is 0. The number of aryl methyl sites for hydroxylation is 2. The first-order chi connectivity index (χ1) is 19.4. The monoisotopic (exact) mass is 574 g/mol. The van der Waals surface area contributed by atoms with Crippen LogP contribution in [-0.2, 0) is 12.8 Å². The molecule has 3 heteroatoms. The van der Waals surface area contributed by atoms with Crippen LogP contribution in [0.4, 0.5) is 0 Å². The van der Waals surface area contributed by atoms with Crippen LogP contribution in [0.15, 0.2) is 79.4 Å². The van der Waals surface area contributed by atoms with Crippen LogP contribution in [0.5, 0.6) is 0 Å². The van der Waals surface area contributed by atoms with Crippen LogP contribution in [-0.4, -0.2) is 6.54 Å². The molecule has 1 unspecified atom stereocenters. The topological polar surface area (TPSA) is 38.0 Å². The maximum absolute atomic E-state index is 5.85. The summed E-state index contributed by atoms with van der Waals surface area (Å²) in [6.45, 7) is 17.5. The van der Waals surface area contributed by atoms with Crippen LogP contribution in [0.3, 0.4) is 0 Å². The van der Waals surface area contributed by atoms with E-state index in [1.807, 2.05) is 12.1 Å². The average molecular weight is 575 g/mol. The molecule has 0 aliphatic rings. The Morgan fingerprint density at radius 3 is 1.85 bits per heavy atom. The molecule has 0 heterocycles. The lowest BCUT2D eigenvalue weighted by Crippen LogP contribution is -2.01. The van der Waals surface area contributed by atoms with E-state index >= 15 is 0 Å². The van der Waals surface area contributed by atoms with Crippen LogP contribution in [0, 0.1) is 18.8 Å². The molecule has 0 saturated heterocycles. The zero-order valence-electron chi connectivity index (χ0n) is 26.2. The minimum absolute atomic E-state index is 0. The Kier molecular flexibility index (Phi) is 26.9. The number of rotatable bonds is 9. The van der Waals surface area contributed by atoms with Gasteiger partial charge in [0.05, 0.1) is 6.54 Å². The normalized spacial score (nSPS) is 9.15. The first-order valence-corrected chi connectivity index (χ1v) is 15.5. The molecule has 3 aromatic carbocycles. The van der Waals surface area contributed by atoms with E-state index < -0.39 is 0 Å². The second-order valence-corrected chi connectivity index (χ2v) is 10.2. The van der Waals surface area contributed by atoms with E-state index in [2.05, 4.69) is 135 Å². The summed E-state index contributed by atoms with van der Waals surface area (Å²) in [5.74, 6) is 6.13. The maximum atomic E-state index is 5.85. The second kappa shape index (κ2) is 27.3. The van der Waals surface area contributed by atoms with Gasteiger partial charge in [-0.3, -0.25) is 5.09 Å². The third-order valence-electron chi connectivity index (χ3n) is 6.05. The van der Waals surface area contributed by atoms with Gasteiger partial charge in [0, 0.05) is 16.8 Å². The molecule has 2 nitrogen and oxygen atoms in total. The summed E-state index contributed by atoms with van der Waals surface area (Å²) in [6.07, 6.45) is 9.70. The molecule has 3 rings (SSSR count).